The standard InChI is InChI=1S/C29H36N6O2S.HI/c1-6-12-23-25-26(34(4)33-23)28(36)32-27(31-25)22-18-21(15-16-24(22)37-17-7-2)35(29(38-5)30-8-3)19-20-13-10-9-11-14-20;/h9-11,13-16,18H,6-8,12,17,19H2,1-5H3,(H,31,32,36);1H. The third-order valence-electron chi connectivity index (χ3n) is 6.13. The van der Waals surface area contributed by atoms with Crippen LogP contribution in [0.3, 0.4) is 0 Å². The Morgan fingerprint density at radius 3 is 2.56 bits per heavy atom. The molecule has 0 atom stereocenters. The fraction of sp³-hybridized carbons (Fsp3) is 0.379. The zero-order valence-electron chi connectivity index (χ0n) is 23.2. The minimum atomic E-state index is -0.215. The van der Waals surface area contributed by atoms with Crippen molar-refractivity contribution < 1.29 is 4.74 Å². The van der Waals surface area contributed by atoms with Crippen molar-refractivity contribution in [2.75, 3.05) is 24.3 Å². The summed E-state index contributed by atoms with van der Waals surface area (Å²) in [7, 11) is 1.78. The van der Waals surface area contributed by atoms with Gasteiger partial charge in [0.2, 0.25) is 0 Å². The monoisotopic (exact) mass is 660 g/mol. The molecule has 0 spiro atoms. The highest BCUT2D eigenvalue weighted by Gasteiger charge is 2.20. The van der Waals surface area contributed by atoms with E-state index in [-0.39, 0.29) is 29.5 Å². The zero-order valence-corrected chi connectivity index (χ0v) is 26.4. The van der Waals surface area contributed by atoms with Crippen molar-refractivity contribution >= 4 is 57.6 Å². The number of aliphatic imine (C=N–C) groups is 1. The summed E-state index contributed by atoms with van der Waals surface area (Å²) in [5.41, 5.74) is 4.58. The van der Waals surface area contributed by atoms with Crippen LogP contribution < -0.4 is 15.2 Å². The lowest BCUT2D eigenvalue weighted by atomic mass is 10.1. The molecular formula is C29H37IN6O2S. The number of aromatic nitrogens is 4. The highest BCUT2D eigenvalue weighted by Crippen LogP contribution is 2.34. The molecule has 0 radical (unpaired) electrons. The Balaban J connectivity index is 0.00000420. The third-order valence-corrected chi connectivity index (χ3v) is 6.85. The summed E-state index contributed by atoms with van der Waals surface area (Å²) < 4.78 is 7.75. The highest BCUT2D eigenvalue weighted by atomic mass is 127. The van der Waals surface area contributed by atoms with Crippen molar-refractivity contribution in [1.82, 2.24) is 19.7 Å². The molecule has 4 aromatic rings. The molecule has 0 fully saturated rings. The van der Waals surface area contributed by atoms with Gasteiger partial charge < -0.3 is 14.6 Å². The van der Waals surface area contributed by atoms with Crippen LogP contribution in [-0.4, -0.2) is 44.3 Å². The number of nitrogens with one attached hydrogen (secondary N) is 1. The second-order valence-electron chi connectivity index (χ2n) is 8.99. The lowest BCUT2D eigenvalue weighted by molar-refractivity contribution is 0.318. The number of anilines is 1. The fourth-order valence-corrected chi connectivity index (χ4v) is 5.07. The van der Waals surface area contributed by atoms with Gasteiger partial charge in [-0.05, 0) is 49.8 Å². The lowest BCUT2D eigenvalue weighted by Crippen LogP contribution is -2.28. The number of nitrogens with zero attached hydrogens (tertiary/aromatic N) is 5. The summed E-state index contributed by atoms with van der Waals surface area (Å²) in [4.78, 5) is 28.1. The first-order chi connectivity index (χ1) is 18.5. The van der Waals surface area contributed by atoms with Gasteiger partial charge in [-0.3, -0.25) is 14.5 Å². The molecule has 2 aromatic carbocycles. The molecule has 4 rings (SSSR count). The molecule has 39 heavy (non-hydrogen) atoms. The van der Waals surface area contributed by atoms with Crippen LogP contribution in [0.1, 0.15) is 44.9 Å². The number of aryl methyl sites for hydroxylation is 2. The van der Waals surface area contributed by atoms with E-state index < -0.39 is 0 Å². The summed E-state index contributed by atoms with van der Waals surface area (Å²) in [6.45, 7) is 8.10. The molecule has 0 saturated carbocycles. The van der Waals surface area contributed by atoms with Crippen LogP contribution in [0.4, 0.5) is 5.69 Å². The number of amidine groups is 1. The first kappa shape index (κ1) is 30.7. The van der Waals surface area contributed by atoms with Gasteiger partial charge in [0.25, 0.3) is 5.56 Å². The molecule has 0 unspecified atom stereocenters. The third kappa shape index (κ3) is 7.02. The molecule has 0 amide bonds. The van der Waals surface area contributed by atoms with E-state index in [1.54, 1.807) is 23.5 Å². The van der Waals surface area contributed by atoms with Crippen molar-refractivity contribution in [3.63, 3.8) is 0 Å². The Morgan fingerprint density at radius 1 is 1.13 bits per heavy atom. The van der Waals surface area contributed by atoms with Crippen molar-refractivity contribution in [1.29, 1.82) is 0 Å². The second-order valence-corrected chi connectivity index (χ2v) is 9.77. The molecule has 8 nitrogen and oxygen atoms in total. The molecule has 0 bridgehead atoms. The van der Waals surface area contributed by atoms with Gasteiger partial charge in [-0.15, -0.1) is 24.0 Å². The maximum Gasteiger partial charge on any atom is 0.277 e. The number of halogens is 1. The first-order valence-electron chi connectivity index (χ1n) is 13.1. The van der Waals surface area contributed by atoms with E-state index in [1.807, 2.05) is 49.6 Å². The molecule has 0 saturated heterocycles. The Labute approximate surface area is 251 Å². The van der Waals surface area contributed by atoms with Gasteiger partial charge in [-0.1, -0.05) is 62.4 Å². The van der Waals surface area contributed by atoms with E-state index in [0.29, 0.717) is 42.3 Å². The van der Waals surface area contributed by atoms with Gasteiger partial charge in [0, 0.05) is 19.3 Å². The van der Waals surface area contributed by atoms with E-state index in [9.17, 15) is 4.79 Å². The molecule has 10 heteroatoms. The van der Waals surface area contributed by atoms with E-state index >= 15 is 0 Å². The Bertz CT molecular complexity index is 1470. The number of hydrogen-bond acceptors (Lipinski definition) is 6. The Hall–Kier alpha value is -2.86. The van der Waals surface area contributed by atoms with E-state index in [0.717, 1.165) is 41.4 Å². The number of H-pyrrole nitrogens is 1. The van der Waals surface area contributed by atoms with Gasteiger partial charge in [-0.25, -0.2) is 4.98 Å². The van der Waals surface area contributed by atoms with Gasteiger partial charge >= 0.3 is 0 Å². The number of thioether (sulfide) groups is 1. The number of ether oxygens (including phenoxy) is 1. The van der Waals surface area contributed by atoms with Crippen LogP contribution in [0.2, 0.25) is 0 Å². The molecule has 2 heterocycles. The maximum absolute atomic E-state index is 13.2. The summed E-state index contributed by atoms with van der Waals surface area (Å²) in [5.74, 6) is 1.15. The first-order valence-corrected chi connectivity index (χ1v) is 14.4. The highest BCUT2D eigenvalue weighted by molar-refractivity contribution is 14.0. The summed E-state index contributed by atoms with van der Waals surface area (Å²) in [5, 5.41) is 5.49. The lowest BCUT2D eigenvalue weighted by Gasteiger charge is -2.26. The minimum absolute atomic E-state index is 0. The second kappa shape index (κ2) is 14.5. The Morgan fingerprint density at radius 2 is 1.90 bits per heavy atom. The van der Waals surface area contributed by atoms with Crippen LogP contribution >= 0.6 is 35.7 Å². The Kier molecular flexibility index (Phi) is 11.4. The van der Waals surface area contributed by atoms with Crippen molar-refractivity contribution in [2.45, 2.75) is 46.6 Å². The van der Waals surface area contributed by atoms with Crippen LogP contribution in [0, 0.1) is 0 Å². The van der Waals surface area contributed by atoms with Crippen molar-refractivity contribution in [2.24, 2.45) is 12.0 Å². The summed E-state index contributed by atoms with van der Waals surface area (Å²) in [6, 6.07) is 16.4. The molecule has 2 aromatic heterocycles. The average Bonchev–Trinajstić information content (AvgIpc) is 3.25. The van der Waals surface area contributed by atoms with E-state index in [4.69, 9.17) is 14.7 Å². The van der Waals surface area contributed by atoms with Crippen molar-refractivity contribution in [3.8, 4) is 17.1 Å². The van der Waals surface area contributed by atoms with Gasteiger partial charge in [0.1, 0.15) is 17.1 Å². The zero-order chi connectivity index (χ0) is 27.1. The number of benzene rings is 2. The topological polar surface area (TPSA) is 88.4 Å². The SMILES string of the molecule is CCCOc1ccc(N(Cc2ccccc2)C(=NCC)SC)cc1-c1nc2c(CCC)nn(C)c2c(=O)[nH]1.I. The number of aromatic amines is 1. The largest absolute Gasteiger partial charge is 0.493 e. The summed E-state index contributed by atoms with van der Waals surface area (Å²) >= 11 is 1.61. The number of fused-ring (bicyclic) bond motifs is 1. The minimum Gasteiger partial charge on any atom is -0.493 e. The molecule has 0 aliphatic carbocycles. The molecular weight excluding hydrogens is 623 g/mol. The van der Waals surface area contributed by atoms with Gasteiger partial charge in [-0.2, -0.15) is 5.10 Å². The van der Waals surface area contributed by atoms with Crippen LogP contribution in [0.15, 0.2) is 58.3 Å². The predicted octanol–water partition coefficient (Wildman–Crippen LogP) is 6.43. The smallest absolute Gasteiger partial charge is 0.277 e. The molecule has 0 aliphatic rings. The predicted molar refractivity (Wildman–Crippen MR) is 174 cm³/mol. The van der Waals surface area contributed by atoms with Gasteiger partial charge in [0.05, 0.1) is 24.4 Å². The quantitative estimate of drug-likeness (QED) is 0.120. The number of hydrogen-bond donors (Lipinski definition) is 1. The normalized spacial score (nSPS) is 11.5. The fourth-order valence-electron chi connectivity index (χ4n) is 4.42. The van der Waals surface area contributed by atoms with E-state index in [2.05, 4.69) is 41.0 Å². The van der Waals surface area contributed by atoms with Crippen LogP contribution in [-0.2, 0) is 20.0 Å². The van der Waals surface area contributed by atoms with Gasteiger partial charge in [0.15, 0.2) is 10.7 Å². The number of rotatable bonds is 10. The molecule has 0 aliphatic heterocycles. The van der Waals surface area contributed by atoms with Crippen LogP contribution in [0.25, 0.3) is 22.4 Å². The van der Waals surface area contributed by atoms with Crippen LogP contribution in [0.5, 0.6) is 5.75 Å². The van der Waals surface area contributed by atoms with E-state index in [1.165, 1.54) is 5.56 Å². The average molecular weight is 661 g/mol. The molecule has 1 N–H and O–H groups in total. The maximum atomic E-state index is 13.2. The van der Waals surface area contributed by atoms with Crippen molar-refractivity contribution in [3.05, 3.63) is 70.1 Å². The molecule has 208 valence electrons. The summed E-state index contributed by atoms with van der Waals surface area (Å²) in [6.07, 6.45) is 4.57.